The lowest BCUT2D eigenvalue weighted by molar-refractivity contribution is 0.345. The summed E-state index contributed by atoms with van der Waals surface area (Å²) in [5.41, 5.74) is 0.840. The van der Waals surface area contributed by atoms with Gasteiger partial charge in [-0.1, -0.05) is 30.3 Å². The molecule has 3 rings (SSSR count). The maximum atomic E-state index is 12.2. The molecular weight excluding hydrogens is 260 g/mol. The van der Waals surface area contributed by atoms with E-state index in [2.05, 4.69) is 10.0 Å². The topological polar surface area (TPSA) is 58.2 Å². The van der Waals surface area contributed by atoms with Gasteiger partial charge in [-0.05, 0) is 31.2 Å². The SMILES string of the molecule is O=S(=O)(Cc1ccccc1)NC1CC2CCC(C1)N2. The van der Waals surface area contributed by atoms with Gasteiger partial charge in [-0.2, -0.15) is 0 Å². The molecule has 0 aliphatic carbocycles. The second kappa shape index (κ2) is 5.23. The van der Waals surface area contributed by atoms with E-state index in [1.54, 1.807) is 0 Å². The Hall–Kier alpha value is -0.910. The van der Waals surface area contributed by atoms with Crippen LogP contribution in [0.15, 0.2) is 30.3 Å². The Morgan fingerprint density at radius 3 is 2.37 bits per heavy atom. The molecule has 2 unspecified atom stereocenters. The van der Waals surface area contributed by atoms with Gasteiger partial charge in [0.1, 0.15) is 0 Å². The Balaban J connectivity index is 1.62. The van der Waals surface area contributed by atoms with Crippen molar-refractivity contribution in [3.63, 3.8) is 0 Å². The third kappa shape index (κ3) is 3.35. The van der Waals surface area contributed by atoms with Crippen molar-refractivity contribution in [2.24, 2.45) is 0 Å². The van der Waals surface area contributed by atoms with Gasteiger partial charge in [0.05, 0.1) is 5.75 Å². The highest BCUT2D eigenvalue weighted by atomic mass is 32.2. The first-order chi connectivity index (χ1) is 9.11. The smallest absolute Gasteiger partial charge is 0.216 e. The van der Waals surface area contributed by atoms with Gasteiger partial charge in [0.15, 0.2) is 0 Å². The van der Waals surface area contributed by atoms with Crippen LogP contribution in [0.2, 0.25) is 0 Å². The lowest BCUT2D eigenvalue weighted by Gasteiger charge is -2.29. The number of nitrogens with one attached hydrogen (secondary N) is 2. The van der Waals surface area contributed by atoms with Gasteiger partial charge in [-0.25, -0.2) is 13.1 Å². The summed E-state index contributed by atoms with van der Waals surface area (Å²) in [4.78, 5) is 0. The second-order valence-corrected chi connectivity index (χ2v) is 7.42. The van der Waals surface area contributed by atoms with Gasteiger partial charge in [0.2, 0.25) is 10.0 Å². The van der Waals surface area contributed by atoms with E-state index in [-0.39, 0.29) is 11.8 Å². The minimum Gasteiger partial charge on any atom is -0.311 e. The summed E-state index contributed by atoms with van der Waals surface area (Å²) in [5, 5.41) is 3.52. The fraction of sp³-hybridized carbons (Fsp3) is 0.571. The Morgan fingerprint density at radius 2 is 1.74 bits per heavy atom. The molecule has 2 bridgehead atoms. The second-order valence-electron chi connectivity index (χ2n) is 5.67. The van der Waals surface area contributed by atoms with E-state index in [1.807, 2.05) is 30.3 Å². The molecule has 0 amide bonds. The molecule has 0 saturated carbocycles. The zero-order valence-electron chi connectivity index (χ0n) is 10.9. The third-order valence-corrected chi connectivity index (χ3v) is 5.42. The maximum absolute atomic E-state index is 12.2. The van der Waals surface area contributed by atoms with Gasteiger partial charge >= 0.3 is 0 Å². The molecule has 0 radical (unpaired) electrons. The molecule has 104 valence electrons. The predicted molar refractivity (Wildman–Crippen MR) is 75.2 cm³/mol. The highest BCUT2D eigenvalue weighted by Gasteiger charge is 2.34. The minimum absolute atomic E-state index is 0.0765. The first-order valence-electron chi connectivity index (χ1n) is 6.91. The van der Waals surface area contributed by atoms with Gasteiger partial charge in [-0.3, -0.25) is 0 Å². The zero-order chi connectivity index (χ0) is 13.3. The van der Waals surface area contributed by atoms with Crippen molar-refractivity contribution in [3.05, 3.63) is 35.9 Å². The van der Waals surface area contributed by atoms with Crippen molar-refractivity contribution < 1.29 is 8.42 Å². The number of piperidine rings is 1. The van der Waals surface area contributed by atoms with E-state index in [0.29, 0.717) is 12.1 Å². The molecule has 1 aromatic carbocycles. The zero-order valence-corrected chi connectivity index (χ0v) is 11.7. The normalized spacial score (nSPS) is 30.4. The van der Waals surface area contributed by atoms with Crippen LogP contribution in [0.1, 0.15) is 31.2 Å². The van der Waals surface area contributed by atoms with Crippen molar-refractivity contribution >= 4 is 10.0 Å². The van der Waals surface area contributed by atoms with E-state index in [1.165, 1.54) is 12.8 Å². The summed E-state index contributed by atoms with van der Waals surface area (Å²) in [5.74, 6) is 0.0765. The van der Waals surface area contributed by atoms with Crippen LogP contribution in [0.25, 0.3) is 0 Å². The number of hydrogen-bond acceptors (Lipinski definition) is 3. The molecular formula is C14H20N2O2S. The summed E-state index contributed by atoms with van der Waals surface area (Å²) in [6.45, 7) is 0. The van der Waals surface area contributed by atoms with Crippen LogP contribution in [0, 0.1) is 0 Å². The first kappa shape index (κ1) is 13.1. The molecule has 0 aromatic heterocycles. The van der Waals surface area contributed by atoms with Crippen LogP contribution < -0.4 is 10.0 Å². The van der Waals surface area contributed by atoms with Gasteiger partial charge in [0.25, 0.3) is 0 Å². The molecule has 2 N–H and O–H groups in total. The average Bonchev–Trinajstić information content (AvgIpc) is 2.69. The molecule has 0 spiro atoms. The van der Waals surface area contributed by atoms with Crippen LogP contribution in [-0.2, 0) is 15.8 Å². The highest BCUT2D eigenvalue weighted by Crippen LogP contribution is 2.27. The molecule has 4 nitrogen and oxygen atoms in total. The summed E-state index contributed by atoms with van der Waals surface area (Å²) in [7, 11) is -3.23. The van der Waals surface area contributed by atoms with E-state index < -0.39 is 10.0 Å². The molecule has 1 aromatic rings. The van der Waals surface area contributed by atoms with Crippen molar-refractivity contribution in [3.8, 4) is 0 Å². The van der Waals surface area contributed by atoms with Crippen LogP contribution in [0.5, 0.6) is 0 Å². The lowest BCUT2D eigenvalue weighted by atomic mass is 10.0. The van der Waals surface area contributed by atoms with Crippen molar-refractivity contribution in [1.29, 1.82) is 0 Å². The number of sulfonamides is 1. The fourth-order valence-electron chi connectivity index (χ4n) is 3.24. The van der Waals surface area contributed by atoms with Crippen molar-refractivity contribution in [2.45, 2.75) is 49.6 Å². The molecule has 2 atom stereocenters. The average molecular weight is 280 g/mol. The molecule has 2 aliphatic heterocycles. The van der Waals surface area contributed by atoms with Gasteiger partial charge < -0.3 is 5.32 Å². The highest BCUT2D eigenvalue weighted by molar-refractivity contribution is 7.88. The van der Waals surface area contributed by atoms with E-state index >= 15 is 0 Å². The minimum atomic E-state index is -3.23. The predicted octanol–water partition coefficient (Wildman–Crippen LogP) is 1.39. The van der Waals surface area contributed by atoms with E-state index in [9.17, 15) is 8.42 Å². The summed E-state index contributed by atoms with van der Waals surface area (Å²) in [6, 6.07) is 10.5. The molecule has 5 heteroatoms. The molecule has 2 saturated heterocycles. The Labute approximate surface area is 114 Å². The van der Waals surface area contributed by atoms with Crippen molar-refractivity contribution in [2.75, 3.05) is 0 Å². The largest absolute Gasteiger partial charge is 0.311 e. The quantitative estimate of drug-likeness (QED) is 0.876. The fourth-order valence-corrected chi connectivity index (χ4v) is 4.66. The maximum Gasteiger partial charge on any atom is 0.216 e. The van der Waals surface area contributed by atoms with Crippen LogP contribution in [0.3, 0.4) is 0 Å². The standard InChI is InChI=1S/C14H20N2O2S/c17-19(18,10-11-4-2-1-3-5-11)16-14-8-12-6-7-13(9-14)15-12/h1-5,12-16H,6-10H2. The summed E-state index contributed by atoms with van der Waals surface area (Å²) >= 11 is 0. The summed E-state index contributed by atoms with van der Waals surface area (Å²) < 4.78 is 27.2. The lowest BCUT2D eigenvalue weighted by Crippen LogP contribution is -2.48. The summed E-state index contributed by atoms with van der Waals surface area (Å²) in [6.07, 6.45) is 4.21. The first-order valence-corrected chi connectivity index (χ1v) is 8.56. The Morgan fingerprint density at radius 1 is 1.11 bits per heavy atom. The van der Waals surface area contributed by atoms with E-state index in [0.717, 1.165) is 18.4 Å². The monoisotopic (exact) mass is 280 g/mol. The van der Waals surface area contributed by atoms with E-state index in [4.69, 9.17) is 0 Å². The molecule has 19 heavy (non-hydrogen) atoms. The van der Waals surface area contributed by atoms with Crippen LogP contribution >= 0.6 is 0 Å². The van der Waals surface area contributed by atoms with Crippen LogP contribution in [0.4, 0.5) is 0 Å². The molecule has 2 heterocycles. The number of rotatable bonds is 4. The number of hydrogen-bond donors (Lipinski definition) is 2. The Bertz CT molecular complexity index is 518. The third-order valence-electron chi connectivity index (χ3n) is 4.02. The van der Waals surface area contributed by atoms with Crippen molar-refractivity contribution in [1.82, 2.24) is 10.0 Å². The van der Waals surface area contributed by atoms with Crippen LogP contribution in [-0.4, -0.2) is 26.5 Å². The van der Waals surface area contributed by atoms with Gasteiger partial charge in [0, 0.05) is 18.1 Å². The van der Waals surface area contributed by atoms with Gasteiger partial charge in [-0.15, -0.1) is 0 Å². The Kier molecular flexibility index (Phi) is 3.60. The number of fused-ring (bicyclic) bond motifs is 2. The number of benzene rings is 1. The molecule has 2 aliphatic rings. The molecule has 2 fully saturated rings.